The molecule has 0 aliphatic rings. The fourth-order valence-electron chi connectivity index (χ4n) is 1.58. The number of hydrogen-bond donors (Lipinski definition) is 2. The van der Waals surface area contributed by atoms with Crippen molar-refractivity contribution in [2.75, 3.05) is 5.32 Å². The average Bonchev–Trinajstić information content (AvgIpc) is 2.45. The van der Waals surface area contributed by atoms with E-state index in [0.717, 1.165) is 0 Å². The number of anilines is 1. The molecule has 0 atom stereocenters. The Labute approximate surface area is 136 Å². The van der Waals surface area contributed by atoms with Gasteiger partial charge in [-0.1, -0.05) is 34.8 Å². The zero-order valence-corrected chi connectivity index (χ0v) is 12.9. The Balaban J connectivity index is 2.08. The van der Waals surface area contributed by atoms with Gasteiger partial charge in [0.15, 0.2) is 5.78 Å². The molecule has 0 fully saturated rings. The van der Waals surface area contributed by atoms with E-state index in [1.54, 1.807) is 24.3 Å². The number of carbonyl (C=O) groups is 1. The van der Waals surface area contributed by atoms with E-state index in [2.05, 4.69) is 5.32 Å². The lowest BCUT2D eigenvalue weighted by Crippen LogP contribution is -1.96. The van der Waals surface area contributed by atoms with Crippen LogP contribution in [0.25, 0.3) is 0 Å². The van der Waals surface area contributed by atoms with Gasteiger partial charge in [-0.3, -0.25) is 4.79 Å². The summed E-state index contributed by atoms with van der Waals surface area (Å²) < 4.78 is 0. The van der Waals surface area contributed by atoms with Gasteiger partial charge < -0.3 is 10.4 Å². The molecule has 6 heteroatoms. The fraction of sp³-hybridized carbons (Fsp3) is 0. The molecule has 0 spiro atoms. The van der Waals surface area contributed by atoms with Crippen LogP contribution in [0.3, 0.4) is 0 Å². The molecule has 2 rings (SSSR count). The third-order valence-corrected chi connectivity index (χ3v) is 3.61. The molecule has 0 saturated carbocycles. The quantitative estimate of drug-likeness (QED) is 0.458. The van der Waals surface area contributed by atoms with E-state index in [1.165, 1.54) is 24.4 Å². The molecule has 21 heavy (non-hydrogen) atoms. The predicted octanol–water partition coefficient (Wildman–Crippen LogP) is 5.16. The third kappa shape index (κ3) is 4.14. The summed E-state index contributed by atoms with van der Waals surface area (Å²) in [7, 11) is 0. The number of rotatable bonds is 4. The van der Waals surface area contributed by atoms with E-state index in [0.29, 0.717) is 26.3 Å². The molecule has 0 saturated heterocycles. The molecule has 0 radical (unpaired) electrons. The highest BCUT2D eigenvalue weighted by molar-refractivity contribution is 6.42. The van der Waals surface area contributed by atoms with Gasteiger partial charge in [-0.2, -0.15) is 0 Å². The number of phenols is 1. The highest BCUT2D eigenvalue weighted by atomic mass is 35.5. The van der Waals surface area contributed by atoms with Crippen molar-refractivity contribution in [1.29, 1.82) is 0 Å². The summed E-state index contributed by atoms with van der Waals surface area (Å²) in [5, 5.41) is 13.6. The van der Waals surface area contributed by atoms with E-state index in [4.69, 9.17) is 34.8 Å². The van der Waals surface area contributed by atoms with E-state index in [9.17, 15) is 9.90 Å². The standard InChI is InChI=1S/C15H10Cl3NO2/c16-10-2-4-15(21)13(8-10)19-6-5-14(20)9-1-3-11(17)12(18)7-9/h1-8,19,21H/b6-5-. The highest BCUT2D eigenvalue weighted by Crippen LogP contribution is 2.26. The number of benzene rings is 2. The maximum Gasteiger partial charge on any atom is 0.187 e. The number of halogens is 3. The number of nitrogens with one attached hydrogen (secondary N) is 1. The highest BCUT2D eigenvalue weighted by Gasteiger charge is 2.05. The summed E-state index contributed by atoms with van der Waals surface area (Å²) in [4.78, 5) is 11.9. The third-order valence-electron chi connectivity index (χ3n) is 2.64. The fourth-order valence-corrected chi connectivity index (χ4v) is 2.05. The Hall–Kier alpha value is -1.68. The van der Waals surface area contributed by atoms with Crippen molar-refractivity contribution in [3.05, 3.63) is 69.3 Å². The Kier molecular flexibility index (Phi) is 5.12. The van der Waals surface area contributed by atoms with Crippen LogP contribution in [-0.4, -0.2) is 10.9 Å². The average molecular weight is 343 g/mol. The van der Waals surface area contributed by atoms with Crippen molar-refractivity contribution < 1.29 is 9.90 Å². The zero-order valence-electron chi connectivity index (χ0n) is 10.6. The first-order valence-electron chi connectivity index (χ1n) is 5.88. The van der Waals surface area contributed by atoms with Gasteiger partial charge in [0, 0.05) is 22.9 Å². The van der Waals surface area contributed by atoms with Crippen LogP contribution in [0.1, 0.15) is 10.4 Å². The summed E-state index contributed by atoms with van der Waals surface area (Å²) in [6.07, 6.45) is 2.73. The van der Waals surface area contributed by atoms with Crippen molar-refractivity contribution >= 4 is 46.3 Å². The van der Waals surface area contributed by atoms with Gasteiger partial charge in [0.2, 0.25) is 0 Å². The van der Waals surface area contributed by atoms with E-state index in [-0.39, 0.29) is 11.5 Å². The summed E-state index contributed by atoms with van der Waals surface area (Å²) in [5.41, 5.74) is 0.818. The van der Waals surface area contributed by atoms with Crippen molar-refractivity contribution in [2.45, 2.75) is 0 Å². The Morgan fingerprint density at radius 2 is 1.81 bits per heavy atom. The minimum absolute atomic E-state index is 0.0334. The first kappa shape index (κ1) is 15.7. The van der Waals surface area contributed by atoms with E-state index in [1.807, 2.05) is 0 Å². The number of aromatic hydroxyl groups is 1. The largest absolute Gasteiger partial charge is 0.506 e. The lowest BCUT2D eigenvalue weighted by atomic mass is 10.1. The van der Waals surface area contributed by atoms with Gasteiger partial charge >= 0.3 is 0 Å². The van der Waals surface area contributed by atoms with Crippen LogP contribution in [0.5, 0.6) is 5.75 Å². The molecule has 2 aromatic carbocycles. The van der Waals surface area contributed by atoms with E-state index >= 15 is 0 Å². The molecule has 0 bridgehead atoms. The monoisotopic (exact) mass is 341 g/mol. The molecule has 0 aliphatic carbocycles. The van der Waals surface area contributed by atoms with Crippen LogP contribution in [0, 0.1) is 0 Å². The predicted molar refractivity (Wildman–Crippen MR) is 86.7 cm³/mol. The maximum absolute atomic E-state index is 11.9. The van der Waals surface area contributed by atoms with Crippen LogP contribution < -0.4 is 5.32 Å². The SMILES string of the molecule is O=C(/C=C\Nc1cc(Cl)ccc1O)c1ccc(Cl)c(Cl)c1. The first-order valence-corrected chi connectivity index (χ1v) is 7.02. The molecular weight excluding hydrogens is 333 g/mol. The molecule has 0 amide bonds. The zero-order chi connectivity index (χ0) is 15.4. The Bertz CT molecular complexity index is 714. The Morgan fingerprint density at radius 1 is 1.05 bits per heavy atom. The van der Waals surface area contributed by atoms with Crippen molar-refractivity contribution in [1.82, 2.24) is 0 Å². The second-order valence-corrected chi connectivity index (χ2v) is 5.38. The van der Waals surface area contributed by atoms with Crippen LogP contribution >= 0.6 is 34.8 Å². The summed E-state index contributed by atoms with van der Waals surface area (Å²) in [6, 6.07) is 9.20. The van der Waals surface area contributed by atoms with Crippen LogP contribution in [-0.2, 0) is 0 Å². The van der Waals surface area contributed by atoms with Gasteiger partial charge in [-0.25, -0.2) is 0 Å². The summed E-state index contributed by atoms with van der Waals surface area (Å²) in [5.74, 6) is -0.214. The minimum Gasteiger partial charge on any atom is -0.506 e. The molecule has 3 nitrogen and oxygen atoms in total. The smallest absolute Gasteiger partial charge is 0.187 e. The van der Waals surface area contributed by atoms with Gasteiger partial charge in [-0.05, 0) is 36.4 Å². The number of ketones is 1. The Morgan fingerprint density at radius 3 is 2.52 bits per heavy atom. The van der Waals surface area contributed by atoms with Crippen LogP contribution in [0.4, 0.5) is 5.69 Å². The number of allylic oxidation sites excluding steroid dienone is 1. The van der Waals surface area contributed by atoms with Gasteiger partial charge in [0.25, 0.3) is 0 Å². The lowest BCUT2D eigenvalue weighted by Gasteiger charge is -2.04. The van der Waals surface area contributed by atoms with Crippen LogP contribution in [0.2, 0.25) is 15.1 Å². The molecular formula is C15H10Cl3NO2. The summed E-state index contributed by atoms with van der Waals surface area (Å²) in [6.45, 7) is 0. The second-order valence-electron chi connectivity index (χ2n) is 4.13. The van der Waals surface area contributed by atoms with Crippen molar-refractivity contribution in [3.63, 3.8) is 0 Å². The summed E-state index contributed by atoms with van der Waals surface area (Å²) >= 11 is 17.5. The second kappa shape index (κ2) is 6.85. The van der Waals surface area contributed by atoms with Gasteiger partial charge in [0.05, 0.1) is 15.7 Å². The van der Waals surface area contributed by atoms with E-state index < -0.39 is 0 Å². The minimum atomic E-state index is -0.248. The topological polar surface area (TPSA) is 49.3 Å². The molecule has 2 N–H and O–H groups in total. The van der Waals surface area contributed by atoms with Gasteiger partial charge in [0.1, 0.15) is 5.75 Å². The first-order chi connectivity index (χ1) is 9.97. The molecule has 0 heterocycles. The molecule has 2 aromatic rings. The van der Waals surface area contributed by atoms with Crippen LogP contribution in [0.15, 0.2) is 48.7 Å². The van der Waals surface area contributed by atoms with Crippen molar-refractivity contribution in [2.24, 2.45) is 0 Å². The number of phenolic OH excluding ortho intramolecular Hbond substituents is 1. The molecule has 0 unspecified atom stereocenters. The van der Waals surface area contributed by atoms with Gasteiger partial charge in [-0.15, -0.1) is 0 Å². The number of carbonyl (C=O) groups excluding carboxylic acids is 1. The normalized spacial score (nSPS) is 10.8. The molecule has 0 aliphatic heterocycles. The number of hydrogen-bond acceptors (Lipinski definition) is 3. The molecule has 108 valence electrons. The molecule has 0 aromatic heterocycles. The van der Waals surface area contributed by atoms with Crippen molar-refractivity contribution in [3.8, 4) is 5.75 Å². The maximum atomic E-state index is 11.9. The lowest BCUT2D eigenvalue weighted by molar-refractivity contribution is 0.104.